The lowest BCUT2D eigenvalue weighted by Crippen LogP contribution is -2.41. The fourth-order valence-corrected chi connectivity index (χ4v) is 3.14. The van der Waals surface area contributed by atoms with E-state index in [0.29, 0.717) is 18.1 Å². The summed E-state index contributed by atoms with van der Waals surface area (Å²) < 4.78 is 0. The smallest absolute Gasteiger partial charge is 0.0410 e. The van der Waals surface area contributed by atoms with Gasteiger partial charge in [-0.2, -0.15) is 0 Å². The Hall–Kier alpha value is -0.730. The van der Waals surface area contributed by atoms with Crippen LogP contribution < -0.4 is 10.2 Å². The van der Waals surface area contributed by atoms with Crippen LogP contribution >= 0.6 is 11.6 Å². The predicted octanol–water partition coefficient (Wildman–Crippen LogP) is 3.48. The number of anilines is 1. The SMILES string of the molecule is CNC(C)CC1Cc2cc(Cl)ccc2N1C(C)C. The molecule has 1 aliphatic rings. The number of rotatable bonds is 4. The number of nitrogens with one attached hydrogen (secondary N) is 1. The van der Waals surface area contributed by atoms with Crippen LogP contribution in [0.1, 0.15) is 32.8 Å². The third kappa shape index (κ3) is 2.65. The predicted molar refractivity (Wildman–Crippen MR) is 79.7 cm³/mol. The van der Waals surface area contributed by atoms with E-state index in [1.165, 1.54) is 17.7 Å². The Bertz CT molecular complexity index is 417. The molecule has 2 nitrogen and oxygen atoms in total. The molecule has 0 amide bonds. The first-order valence-corrected chi connectivity index (χ1v) is 7.14. The Balaban J connectivity index is 2.25. The number of nitrogens with zero attached hydrogens (tertiary/aromatic N) is 1. The summed E-state index contributed by atoms with van der Waals surface area (Å²) in [4.78, 5) is 2.54. The molecule has 1 aromatic rings. The largest absolute Gasteiger partial charge is 0.365 e. The Kier molecular flexibility index (Phi) is 4.18. The van der Waals surface area contributed by atoms with Gasteiger partial charge in [0.25, 0.3) is 0 Å². The second-order valence-corrected chi connectivity index (χ2v) is 5.99. The van der Waals surface area contributed by atoms with E-state index in [1.54, 1.807) is 0 Å². The van der Waals surface area contributed by atoms with E-state index in [0.717, 1.165) is 11.4 Å². The van der Waals surface area contributed by atoms with Crippen molar-refractivity contribution in [3.8, 4) is 0 Å². The third-order valence-corrected chi connectivity index (χ3v) is 4.08. The van der Waals surface area contributed by atoms with Crippen molar-refractivity contribution in [2.45, 2.75) is 51.7 Å². The van der Waals surface area contributed by atoms with Gasteiger partial charge in [-0.1, -0.05) is 11.6 Å². The Morgan fingerprint density at radius 2 is 2.11 bits per heavy atom. The topological polar surface area (TPSA) is 15.3 Å². The number of halogens is 1. The summed E-state index contributed by atoms with van der Waals surface area (Å²) in [5.74, 6) is 0. The van der Waals surface area contributed by atoms with Crippen molar-refractivity contribution < 1.29 is 0 Å². The van der Waals surface area contributed by atoms with Crippen LogP contribution in [0.15, 0.2) is 18.2 Å². The van der Waals surface area contributed by atoms with Crippen LogP contribution in [-0.4, -0.2) is 25.2 Å². The molecule has 0 fully saturated rings. The summed E-state index contributed by atoms with van der Waals surface area (Å²) in [5, 5.41) is 4.18. The van der Waals surface area contributed by atoms with E-state index in [1.807, 2.05) is 13.1 Å². The van der Waals surface area contributed by atoms with Gasteiger partial charge < -0.3 is 10.2 Å². The fourth-order valence-electron chi connectivity index (χ4n) is 2.94. The highest BCUT2D eigenvalue weighted by Gasteiger charge is 2.31. The van der Waals surface area contributed by atoms with Gasteiger partial charge in [0.05, 0.1) is 0 Å². The molecule has 0 saturated carbocycles. The molecule has 0 spiro atoms. The molecule has 1 heterocycles. The van der Waals surface area contributed by atoms with Crippen LogP contribution in [0.25, 0.3) is 0 Å². The minimum Gasteiger partial charge on any atom is -0.365 e. The Morgan fingerprint density at radius 1 is 1.39 bits per heavy atom. The normalized spacial score (nSPS) is 20.3. The van der Waals surface area contributed by atoms with E-state index in [2.05, 4.69) is 43.1 Å². The molecule has 0 bridgehead atoms. The zero-order valence-electron chi connectivity index (χ0n) is 11.7. The van der Waals surface area contributed by atoms with Crippen LogP contribution in [0.5, 0.6) is 0 Å². The Morgan fingerprint density at radius 3 is 2.72 bits per heavy atom. The van der Waals surface area contributed by atoms with Crippen molar-refractivity contribution in [3.05, 3.63) is 28.8 Å². The van der Waals surface area contributed by atoms with E-state index in [9.17, 15) is 0 Å². The maximum atomic E-state index is 6.10. The maximum absolute atomic E-state index is 6.10. The van der Waals surface area contributed by atoms with Crippen LogP contribution in [0.3, 0.4) is 0 Å². The molecule has 100 valence electrons. The number of fused-ring (bicyclic) bond motifs is 1. The molecule has 2 atom stereocenters. The molecule has 0 saturated heterocycles. The van der Waals surface area contributed by atoms with E-state index in [-0.39, 0.29) is 0 Å². The quantitative estimate of drug-likeness (QED) is 0.898. The van der Waals surface area contributed by atoms with Gasteiger partial charge in [0.15, 0.2) is 0 Å². The first kappa shape index (κ1) is 13.7. The number of hydrogen-bond acceptors (Lipinski definition) is 2. The highest BCUT2D eigenvalue weighted by molar-refractivity contribution is 6.30. The van der Waals surface area contributed by atoms with Crippen LogP contribution in [0, 0.1) is 0 Å². The van der Waals surface area contributed by atoms with Crippen molar-refractivity contribution in [2.75, 3.05) is 11.9 Å². The summed E-state index contributed by atoms with van der Waals surface area (Å²) in [6.07, 6.45) is 2.28. The summed E-state index contributed by atoms with van der Waals surface area (Å²) in [5.41, 5.74) is 2.76. The van der Waals surface area contributed by atoms with E-state index in [4.69, 9.17) is 11.6 Å². The Labute approximate surface area is 115 Å². The lowest BCUT2D eigenvalue weighted by atomic mass is 10.0. The standard InChI is InChI=1S/C15H23ClN2/c1-10(2)18-14(7-11(3)17-4)9-12-8-13(16)5-6-15(12)18/h5-6,8,10-11,14,17H,7,9H2,1-4H3. The zero-order valence-corrected chi connectivity index (χ0v) is 12.5. The number of benzene rings is 1. The average Bonchev–Trinajstić information content (AvgIpc) is 2.65. The lowest BCUT2D eigenvalue weighted by Gasteiger charge is -2.33. The van der Waals surface area contributed by atoms with Gasteiger partial charge in [-0.25, -0.2) is 0 Å². The highest BCUT2D eigenvalue weighted by Crippen LogP contribution is 2.37. The van der Waals surface area contributed by atoms with Crippen molar-refractivity contribution in [2.24, 2.45) is 0 Å². The van der Waals surface area contributed by atoms with Crippen molar-refractivity contribution in [1.82, 2.24) is 5.32 Å². The zero-order chi connectivity index (χ0) is 13.3. The van der Waals surface area contributed by atoms with E-state index >= 15 is 0 Å². The summed E-state index contributed by atoms with van der Waals surface area (Å²) in [6, 6.07) is 7.95. The van der Waals surface area contributed by atoms with Crippen LogP contribution in [0.4, 0.5) is 5.69 Å². The third-order valence-electron chi connectivity index (χ3n) is 3.84. The average molecular weight is 267 g/mol. The summed E-state index contributed by atoms with van der Waals surface area (Å²) in [6.45, 7) is 6.77. The maximum Gasteiger partial charge on any atom is 0.0410 e. The monoisotopic (exact) mass is 266 g/mol. The van der Waals surface area contributed by atoms with Crippen LogP contribution in [0.2, 0.25) is 5.02 Å². The molecule has 1 N–H and O–H groups in total. The molecular weight excluding hydrogens is 244 g/mol. The molecule has 0 radical (unpaired) electrons. The minimum atomic E-state index is 0.529. The molecule has 3 heteroatoms. The van der Waals surface area contributed by atoms with Gasteiger partial charge in [-0.05, 0) is 64.4 Å². The van der Waals surface area contributed by atoms with Gasteiger partial charge in [0.1, 0.15) is 0 Å². The van der Waals surface area contributed by atoms with Gasteiger partial charge in [0, 0.05) is 28.8 Å². The molecule has 2 unspecified atom stereocenters. The fraction of sp³-hybridized carbons (Fsp3) is 0.600. The highest BCUT2D eigenvalue weighted by atomic mass is 35.5. The van der Waals surface area contributed by atoms with Crippen molar-refractivity contribution in [1.29, 1.82) is 0 Å². The van der Waals surface area contributed by atoms with Crippen molar-refractivity contribution >= 4 is 17.3 Å². The van der Waals surface area contributed by atoms with Gasteiger partial charge >= 0.3 is 0 Å². The second-order valence-electron chi connectivity index (χ2n) is 5.56. The van der Waals surface area contributed by atoms with Gasteiger partial charge in [-0.3, -0.25) is 0 Å². The number of hydrogen-bond donors (Lipinski definition) is 1. The van der Waals surface area contributed by atoms with Crippen LogP contribution in [-0.2, 0) is 6.42 Å². The van der Waals surface area contributed by atoms with Gasteiger partial charge in [0.2, 0.25) is 0 Å². The molecule has 18 heavy (non-hydrogen) atoms. The van der Waals surface area contributed by atoms with Gasteiger partial charge in [-0.15, -0.1) is 0 Å². The summed E-state index contributed by atoms with van der Waals surface area (Å²) >= 11 is 6.10. The molecule has 2 rings (SSSR count). The molecular formula is C15H23ClN2. The molecule has 1 aromatic carbocycles. The molecule has 0 aliphatic carbocycles. The molecule has 0 aromatic heterocycles. The molecule has 1 aliphatic heterocycles. The first-order valence-electron chi connectivity index (χ1n) is 6.77. The lowest BCUT2D eigenvalue weighted by molar-refractivity contribution is 0.461. The second kappa shape index (κ2) is 5.50. The first-order chi connectivity index (χ1) is 8.52. The van der Waals surface area contributed by atoms with Crippen molar-refractivity contribution in [3.63, 3.8) is 0 Å². The summed E-state index contributed by atoms with van der Waals surface area (Å²) in [7, 11) is 2.03. The van der Waals surface area contributed by atoms with E-state index < -0.39 is 0 Å². The minimum absolute atomic E-state index is 0.529.